The van der Waals surface area contributed by atoms with E-state index in [4.69, 9.17) is 0 Å². The number of carboxylic acid groups (broad SMARTS) is 1. The van der Waals surface area contributed by atoms with Gasteiger partial charge in [-0.3, -0.25) is 4.79 Å². The summed E-state index contributed by atoms with van der Waals surface area (Å²) >= 11 is 0. The molecule has 22 heavy (non-hydrogen) atoms. The third-order valence-electron chi connectivity index (χ3n) is 4.27. The predicted octanol–water partition coefficient (Wildman–Crippen LogP) is 3.50. The first-order chi connectivity index (χ1) is 10.3. The fourth-order valence-corrected chi connectivity index (χ4v) is 2.81. The van der Waals surface area contributed by atoms with Gasteiger partial charge in [-0.15, -0.1) is 0 Å². The van der Waals surface area contributed by atoms with Crippen molar-refractivity contribution in [3.8, 4) is 11.5 Å². The standard InChI is InChI=1S/C18H20O4/c1-4-18(17(21)22,13-5-7-15(19)11(2)9-13)14-6-8-16(20)12(3)10-14/h5-10,19-20H,4H2,1-3H3,(H,21,22). The van der Waals surface area contributed by atoms with Crippen LogP contribution in [0, 0.1) is 13.8 Å². The number of rotatable bonds is 4. The molecular weight excluding hydrogens is 280 g/mol. The monoisotopic (exact) mass is 300 g/mol. The molecule has 0 radical (unpaired) electrons. The van der Waals surface area contributed by atoms with Crippen LogP contribution in [0.2, 0.25) is 0 Å². The molecule has 3 N–H and O–H groups in total. The number of aromatic hydroxyl groups is 2. The average molecular weight is 300 g/mol. The highest BCUT2D eigenvalue weighted by Crippen LogP contribution is 2.39. The summed E-state index contributed by atoms with van der Waals surface area (Å²) in [6, 6.07) is 9.73. The lowest BCUT2D eigenvalue weighted by Gasteiger charge is -2.30. The molecule has 0 atom stereocenters. The molecule has 0 aliphatic carbocycles. The van der Waals surface area contributed by atoms with E-state index < -0.39 is 11.4 Å². The van der Waals surface area contributed by atoms with Gasteiger partial charge >= 0.3 is 5.97 Å². The maximum Gasteiger partial charge on any atom is 0.318 e. The summed E-state index contributed by atoms with van der Waals surface area (Å²) in [5.41, 5.74) is 1.28. The maximum absolute atomic E-state index is 12.1. The van der Waals surface area contributed by atoms with Gasteiger partial charge in [0.25, 0.3) is 0 Å². The Morgan fingerprint density at radius 2 is 1.36 bits per heavy atom. The summed E-state index contributed by atoms with van der Waals surface area (Å²) in [7, 11) is 0. The van der Waals surface area contributed by atoms with Crippen LogP contribution in [-0.4, -0.2) is 21.3 Å². The average Bonchev–Trinajstić information content (AvgIpc) is 2.47. The lowest BCUT2D eigenvalue weighted by atomic mass is 9.72. The van der Waals surface area contributed by atoms with Crippen LogP contribution >= 0.6 is 0 Å². The summed E-state index contributed by atoms with van der Waals surface area (Å²) in [6.07, 6.45) is 0.358. The molecule has 116 valence electrons. The molecule has 0 unspecified atom stereocenters. The van der Waals surface area contributed by atoms with E-state index in [-0.39, 0.29) is 11.5 Å². The van der Waals surface area contributed by atoms with Crippen molar-refractivity contribution in [2.24, 2.45) is 0 Å². The van der Waals surface area contributed by atoms with Crippen molar-refractivity contribution in [1.82, 2.24) is 0 Å². The minimum absolute atomic E-state index is 0.140. The molecule has 0 saturated carbocycles. The molecule has 0 amide bonds. The summed E-state index contributed by atoms with van der Waals surface area (Å²) in [5, 5.41) is 29.3. The van der Waals surface area contributed by atoms with Gasteiger partial charge in [0, 0.05) is 0 Å². The second-order valence-corrected chi connectivity index (χ2v) is 5.57. The van der Waals surface area contributed by atoms with Crippen molar-refractivity contribution in [3.05, 3.63) is 58.7 Å². The van der Waals surface area contributed by atoms with Crippen LogP contribution in [0.15, 0.2) is 36.4 Å². The van der Waals surface area contributed by atoms with Gasteiger partial charge in [0.2, 0.25) is 0 Å². The molecule has 4 heteroatoms. The quantitative estimate of drug-likeness (QED) is 0.807. The van der Waals surface area contributed by atoms with E-state index in [0.717, 1.165) is 0 Å². The number of phenolic OH excluding ortho intramolecular Hbond substituents is 2. The fourth-order valence-electron chi connectivity index (χ4n) is 2.81. The summed E-state index contributed by atoms with van der Waals surface area (Å²) in [5.74, 6) is -0.674. The normalized spacial score (nSPS) is 11.4. The van der Waals surface area contributed by atoms with Crippen LogP contribution in [0.4, 0.5) is 0 Å². The molecule has 0 spiro atoms. The van der Waals surface area contributed by atoms with Crippen molar-refractivity contribution in [1.29, 1.82) is 0 Å². The molecule has 0 aliphatic heterocycles. The van der Waals surface area contributed by atoms with E-state index in [1.165, 1.54) is 12.1 Å². The van der Waals surface area contributed by atoms with Gasteiger partial charge in [-0.2, -0.15) is 0 Å². The van der Waals surface area contributed by atoms with Gasteiger partial charge in [-0.1, -0.05) is 31.2 Å². The maximum atomic E-state index is 12.1. The van der Waals surface area contributed by atoms with Gasteiger partial charge in [0.15, 0.2) is 0 Å². The first-order valence-corrected chi connectivity index (χ1v) is 7.16. The Bertz CT molecular complexity index is 668. The van der Waals surface area contributed by atoms with Crippen LogP contribution in [0.3, 0.4) is 0 Å². The largest absolute Gasteiger partial charge is 0.508 e. The molecular formula is C18H20O4. The van der Waals surface area contributed by atoms with Gasteiger partial charge < -0.3 is 15.3 Å². The van der Waals surface area contributed by atoms with E-state index in [0.29, 0.717) is 28.7 Å². The lowest BCUT2D eigenvalue weighted by Crippen LogP contribution is -2.36. The number of aryl methyl sites for hydroxylation is 2. The van der Waals surface area contributed by atoms with Crippen LogP contribution < -0.4 is 0 Å². The molecule has 0 aromatic heterocycles. The van der Waals surface area contributed by atoms with Crippen LogP contribution in [0.25, 0.3) is 0 Å². The fraction of sp³-hybridized carbons (Fsp3) is 0.278. The molecule has 4 nitrogen and oxygen atoms in total. The Morgan fingerprint density at radius 3 is 1.64 bits per heavy atom. The van der Waals surface area contributed by atoms with Crippen molar-refractivity contribution < 1.29 is 20.1 Å². The second kappa shape index (κ2) is 5.72. The Morgan fingerprint density at radius 1 is 0.955 bits per heavy atom. The number of benzene rings is 2. The topological polar surface area (TPSA) is 77.8 Å². The third kappa shape index (κ3) is 2.41. The van der Waals surface area contributed by atoms with Crippen molar-refractivity contribution in [2.45, 2.75) is 32.6 Å². The molecule has 0 heterocycles. The van der Waals surface area contributed by atoms with E-state index in [1.54, 1.807) is 38.1 Å². The van der Waals surface area contributed by atoms with Crippen LogP contribution in [0.1, 0.15) is 35.6 Å². The molecule has 0 bridgehead atoms. The Balaban J connectivity index is 2.73. The highest BCUT2D eigenvalue weighted by atomic mass is 16.4. The summed E-state index contributed by atoms with van der Waals surface area (Å²) < 4.78 is 0. The van der Waals surface area contributed by atoms with E-state index in [9.17, 15) is 20.1 Å². The SMILES string of the molecule is CCC(C(=O)O)(c1ccc(O)c(C)c1)c1ccc(O)c(C)c1. The number of hydrogen-bond acceptors (Lipinski definition) is 3. The molecule has 0 fully saturated rings. The third-order valence-corrected chi connectivity index (χ3v) is 4.27. The van der Waals surface area contributed by atoms with Crippen molar-refractivity contribution in [2.75, 3.05) is 0 Å². The summed E-state index contributed by atoms with van der Waals surface area (Å²) in [4.78, 5) is 12.1. The van der Waals surface area contributed by atoms with Gasteiger partial charge in [-0.05, 0) is 54.7 Å². The molecule has 2 aromatic carbocycles. The van der Waals surface area contributed by atoms with E-state index >= 15 is 0 Å². The van der Waals surface area contributed by atoms with Crippen molar-refractivity contribution in [3.63, 3.8) is 0 Å². The number of phenols is 2. The first kappa shape index (κ1) is 15.9. The summed E-state index contributed by atoms with van der Waals surface area (Å²) in [6.45, 7) is 5.30. The van der Waals surface area contributed by atoms with Gasteiger partial charge in [0.1, 0.15) is 16.9 Å². The highest BCUT2D eigenvalue weighted by molar-refractivity contribution is 5.86. The Labute approximate surface area is 129 Å². The number of carboxylic acids is 1. The molecule has 0 aliphatic rings. The zero-order valence-corrected chi connectivity index (χ0v) is 12.9. The Kier molecular flexibility index (Phi) is 4.13. The molecule has 2 aromatic rings. The van der Waals surface area contributed by atoms with Gasteiger partial charge in [0.05, 0.1) is 0 Å². The second-order valence-electron chi connectivity index (χ2n) is 5.57. The zero-order valence-electron chi connectivity index (χ0n) is 12.9. The number of carbonyl (C=O) groups is 1. The first-order valence-electron chi connectivity index (χ1n) is 7.16. The molecule has 2 rings (SSSR count). The number of aliphatic carboxylic acids is 1. The van der Waals surface area contributed by atoms with Crippen LogP contribution in [-0.2, 0) is 10.2 Å². The minimum atomic E-state index is -1.21. The van der Waals surface area contributed by atoms with Crippen molar-refractivity contribution >= 4 is 5.97 Å². The Hall–Kier alpha value is -2.49. The zero-order chi connectivity index (χ0) is 16.5. The van der Waals surface area contributed by atoms with E-state index in [2.05, 4.69) is 0 Å². The lowest BCUT2D eigenvalue weighted by molar-refractivity contribution is -0.142. The molecule has 0 saturated heterocycles. The smallest absolute Gasteiger partial charge is 0.318 e. The minimum Gasteiger partial charge on any atom is -0.508 e. The number of hydrogen-bond donors (Lipinski definition) is 3. The van der Waals surface area contributed by atoms with Gasteiger partial charge in [-0.25, -0.2) is 0 Å². The van der Waals surface area contributed by atoms with E-state index in [1.807, 2.05) is 6.92 Å². The predicted molar refractivity (Wildman–Crippen MR) is 84.4 cm³/mol. The highest BCUT2D eigenvalue weighted by Gasteiger charge is 2.41. The van der Waals surface area contributed by atoms with Crippen LogP contribution in [0.5, 0.6) is 11.5 Å².